The third-order valence-electron chi connectivity index (χ3n) is 3.13. The van der Waals surface area contributed by atoms with Crippen LogP contribution < -0.4 is 5.32 Å². The van der Waals surface area contributed by atoms with Crippen LogP contribution in [0.1, 0.15) is 15.9 Å². The second-order valence-corrected chi connectivity index (χ2v) is 5.98. The van der Waals surface area contributed by atoms with E-state index in [9.17, 15) is 9.59 Å². The summed E-state index contributed by atoms with van der Waals surface area (Å²) >= 11 is 3.43. The minimum absolute atomic E-state index is 0.0725. The Morgan fingerprint density at radius 3 is 2.30 bits per heavy atom. The van der Waals surface area contributed by atoms with Gasteiger partial charge < -0.3 is 10.2 Å². The minimum atomic E-state index is -0.229. The SMILES string of the molecule is CN(C)C(=O)c1ccc(NC(=O)/C=C/c2ccccc2Br)cc1. The zero-order chi connectivity index (χ0) is 16.8. The van der Waals surface area contributed by atoms with Gasteiger partial charge in [-0.2, -0.15) is 0 Å². The van der Waals surface area contributed by atoms with Crippen molar-refractivity contribution in [2.75, 3.05) is 19.4 Å². The van der Waals surface area contributed by atoms with Crippen molar-refractivity contribution in [1.29, 1.82) is 0 Å². The van der Waals surface area contributed by atoms with Crippen molar-refractivity contribution in [1.82, 2.24) is 4.90 Å². The molecule has 0 bridgehead atoms. The quantitative estimate of drug-likeness (QED) is 0.829. The molecule has 0 aliphatic rings. The third-order valence-corrected chi connectivity index (χ3v) is 3.85. The summed E-state index contributed by atoms with van der Waals surface area (Å²) in [5, 5.41) is 2.76. The molecule has 0 saturated carbocycles. The lowest BCUT2D eigenvalue weighted by Crippen LogP contribution is -2.21. The zero-order valence-corrected chi connectivity index (χ0v) is 14.5. The number of nitrogens with zero attached hydrogens (tertiary/aromatic N) is 1. The molecule has 2 aromatic carbocycles. The van der Waals surface area contributed by atoms with Crippen LogP contribution in [0.3, 0.4) is 0 Å². The summed E-state index contributed by atoms with van der Waals surface area (Å²) in [6, 6.07) is 14.4. The molecule has 0 aliphatic heterocycles. The summed E-state index contributed by atoms with van der Waals surface area (Å²) in [4.78, 5) is 25.2. The summed E-state index contributed by atoms with van der Waals surface area (Å²) in [6.45, 7) is 0. The van der Waals surface area contributed by atoms with Crippen LogP contribution in [0.15, 0.2) is 59.1 Å². The van der Waals surface area contributed by atoms with E-state index in [2.05, 4.69) is 21.2 Å². The van der Waals surface area contributed by atoms with Crippen LogP contribution in [0.2, 0.25) is 0 Å². The summed E-state index contributed by atoms with van der Waals surface area (Å²) in [7, 11) is 3.40. The van der Waals surface area contributed by atoms with E-state index < -0.39 is 0 Å². The van der Waals surface area contributed by atoms with E-state index in [0.29, 0.717) is 11.3 Å². The van der Waals surface area contributed by atoms with Crippen molar-refractivity contribution in [3.63, 3.8) is 0 Å². The third kappa shape index (κ3) is 4.79. The molecule has 2 rings (SSSR count). The predicted octanol–water partition coefficient (Wildman–Crippen LogP) is 3.80. The summed E-state index contributed by atoms with van der Waals surface area (Å²) < 4.78 is 0.926. The monoisotopic (exact) mass is 372 g/mol. The fraction of sp³-hybridized carbons (Fsp3) is 0.111. The predicted molar refractivity (Wildman–Crippen MR) is 96.3 cm³/mol. The number of hydrogen-bond donors (Lipinski definition) is 1. The van der Waals surface area contributed by atoms with Crippen LogP contribution in [-0.4, -0.2) is 30.8 Å². The van der Waals surface area contributed by atoms with Gasteiger partial charge in [0.05, 0.1) is 0 Å². The first kappa shape index (κ1) is 17.0. The molecule has 0 saturated heterocycles. The van der Waals surface area contributed by atoms with Crippen molar-refractivity contribution in [3.8, 4) is 0 Å². The number of carbonyl (C=O) groups is 2. The molecule has 5 heteroatoms. The molecule has 1 N–H and O–H groups in total. The molecular weight excluding hydrogens is 356 g/mol. The number of nitrogens with one attached hydrogen (secondary N) is 1. The van der Waals surface area contributed by atoms with Gasteiger partial charge in [-0.1, -0.05) is 34.1 Å². The van der Waals surface area contributed by atoms with Crippen molar-refractivity contribution in [3.05, 3.63) is 70.2 Å². The molecular formula is C18H17BrN2O2. The first-order valence-corrected chi connectivity index (χ1v) is 7.82. The number of rotatable bonds is 4. The van der Waals surface area contributed by atoms with Crippen molar-refractivity contribution in [2.45, 2.75) is 0 Å². The Hall–Kier alpha value is -2.40. The highest BCUT2D eigenvalue weighted by Gasteiger charge is 2.07. The Bertz CT molecular complexity index is 737. The first-order chi connectivity index (χ1) is 11.0. The van der Waals surface area contributed by atoms with Gasteiger partial charge in [-0.25, -0.2) is 0 Å². The molecule has 2 aromatic rings. The van der Waals surface area contributed by atoms with Gasteiger partial charge in [-0.3, -0.25) is 9.59 Å². The van der Waals surface area contributed by atoms with Gasteiger partial charge in [0, 0.05) is 35.9 Å². The van der Waals surface area contributed by atoms with Crippen LogP contribution in [0, 0.1) is 0 Å². The van der Waals surface area contributed by atoms with Gasteiger partial charge in [0.2, 0.25) is 5.91 Å². The number of hydrogen-bond acceptors (Lipinski definition) is 2. The Balaban J connectivity index is 2.01. The highest BCUT2D eigenvalue weighted by atomic mass is 79.9. The molecule has 23 heavy (non-hydrogen) atoms. The summed E-state index contributed by atoms with van der Waals surface area (Å²) in [5.74, 6) is -0.302. The maximum atomic E-state index is 11.9. The zero-order valence-electron chi connectivity index (χ0n) is 12.9. The number of carbonyl (C=O) groups excluding carboxylic acids is 2. The second kappa shape index (κ2) is 7.74. The maximum absolute atomic E-state index is 11.9. The molecule has 0 fully saturated rings. The molecule has 0 atom stereocenters. The van der Waals surface area contributed by atoms with E-state index >= 15 is 0 Å². The standard InChI is InChI=1S/C18H17BrN2O2/c1-21(2)18(23)14-7-10-15(11-8-14)20-17(22)12-9-13-5-3-4-6-16(13)19/h3-12H,1-2H3,(H,20,22)/b12-9+. The second-order valence-electron chi connectivity index (χ2n) is 5.12. The van der Waals surface area contributed by atoms with Crippen molar-refractivity contribution in [2.24, 2.45) is 0 Å². The fourth-order valence-electron chi connectivity index (χ4n) is 1.91. The van der Waals surface area contributed by atoms with E-state index in [1.54, 1.807) is 44.4 Å². The normalized spacial score (nSPS) is 10.6. The number of anilines is 1. The average molecular weight is 373 g/mol. The molecule has 0 spiro atoms. The average Bonchev–Trinajstić information content (AvgIpc) is 2.54. The van der Waals surface area contributed by atoms with Gasteiger partial charge in [-0.15, -0.1) is 0 Å². The van der Waals surface area contributed by atoms with E-state index in [1.165, 1.54) is 11.0 Å². The van der Waals surface area contributed by atoms with E-state index in [1.807, 2.05) is 24.3 Å². The van der Waals surface area contributed by atoms with Crippen LogP contribution in [0.25, 0.3) is 6.08 Å². The fourth-order valence-corrected chi connectivity index (χ4v) is 2.33. The molecule has 0 aromatic heterocycles. The van der Waals surface area contributed by atoms with Gasteiger partial charge in [0.1, 0.15) is 0 Å². The Labute approximate surface area is 143 Å². The molecule has 2 amide bonds. The molecule has 0 unspecified atom stereocenters. The summed E-state index contributed by atoms with van der Waals surface area (Å²) in [6.07, 6.45) is 3.21. The highest BCUT2D eigenvalue weighted by Crippen LogP contribution is 2.17. The first-order valence-electron chi connectivity index (χ1n) is 7.02. The number of halogens is 1. The van der Waals surface area contributed by atoms with Gasteiger partial charge in [0.15, 0.2) is 0 Å². The lowest BCUT2D eigenvalue weighted by atomic mass is 10.2. The largest absolute Gasteiger partial charge is 0.345 e. The smallest absolute Gasteiger partial charge is 0.253 e. The maximum Gasteiger partial charge on any atom is 0.253 e. The van der Waals surface area contributed by atoms with Crippen molar-refractivity contribution < 1.29 is 9.59 Å². The molecule has 0 aliphatic carbocycles. The Morgan fingerprint density at radius 2 is 1.70 bits per heavy atom. The van der Waals surface area contributed by atoms with Crippen LogP contribution in [0.5, 0.6) is 0 Å². The topological polar surface area (TPSA) is 49.4 Å². The molecule has 0 radical (unpaired) electrons. The highest BCUT2D eigenvalue weighted by molar-refractivity contribution is 9.10. The lowest BCUT2D eigenvalue weighted by Gasteiger charge is -2.10. The van der Waals surface area contributed by atoms with E-state index in [0.717, 1.165) is 10.0 Å². The Kier molecular flexibility index (Phi) is 5.71. The minimum Gasteiger partial charge on any atom is -0.345 e. The van der Waals surface area contributed by atoms with Gasteiger partial charge >= 0.3 is 0 Å². The summed E-state index contributed by atoms with van der Waals surface area (Å²) in [5.41, 5.74) is 2.15. The Morgan fingerprint density at radius 1 is 1.04 bits per heavy atom. The molecule has 118 valence electrons. The van der Waals surface area contributed by atoms with E-state index in [-0.39, 0.29) is 11.8 Å². The van der Waals surface area contributed by atoms with Gasteiger partial charge in [0.25, 0.3) is 5.91 Å². The van der Waals surface area contributed by atoms with Crippen LogP contribution in [-0.2, 0) is 4.79 Å². The number of benzene rings is 2. The molecule has 0 heterocycles. The van der Waals surface area contributed by atoms with Gasteiger partial charge in [-0.05, 0) is 42.0 Å². The number of amides is 2. The van der Waals surface area contributed by atoms with Crippen LogP contribution in [0.4, 0.5) is 5.69 Å². The lowest BCUT2D eigenvalue weighted by molar-refractivity contribution is -0.111. The van der Waals surface area contributed by atoms with E-state index in [4.69, 9.17) is 0 Å². The van der Waals surface area contributed by atoms with Crippen LogP contribution >= 0.6 is 15.9 Å². The van der Waals surface area contributed by atoms with Crippen molar-refractivity contribution >= 4 is 39.5 Å². The molecule has 4 nitrogen and oxygen atoms in total.